The van der Waals surface area contributed by atoms with Gasteiger partial charge in [0.25, 0.3) is 0 Å². The Labute approximate surface area is 228 Å². The van der Waals surface area contributed by atoms with Crippen LogP contribution >= 0.6 is 0 Å². The summed E-state index contributed by atoms with van der Waals surface area (Å²) in [5.74, 6) is -0.178. The molecule has 39 heavy (non-hydrogen) atoms. The van der Waals surface area contributed by atoms with Crippen molar-refractivity contribution < 1.29 is 19.4 Å². The van der Waals surface area contributed by atoms with Gasteiger partial charge in [-0.2, -0.15) is 5.10 Å². The maximum atomic E-state index is 12.6. The van der Waals surface area contributed by atoms with Crippen molar-refractivity contribution in [2.24, 2.45) is 0 Å². The molecule has 6 rings (SSSR count). The molecule has 0 radical (unpaired) electrons. The molecule has 2 aliphatic rings. The Balaban J connectivity index is 1.58. The van der Waals surface area contributed by atoms with E-state index in [1.165, 1.54) is 24.0 Å². The van der Waals surface area contributed by atoms with Crippen LogP contribution in [0, 0.1) is 6.92 Å². The summed E-state index contributed by atoms with van der Waals surface area (Å²) < 4.78 is 13.8. The second kappa shape index (κ2) is 9.79. The molecule has 7 nitrogen and oxygen atoms in total. The van der Waals surface area contributed by atoms with Crippen LogP contribution in [0.25, 0.3) is 28.2 Å². The second-order valence-corrected chi connectivity index (χ2v) is 11.7. The zero-order chi connectivity index (χ0) is 27.3. The van der Waals surface area contributed by atoms with Crippen LogP contribution in [-0.2, 0) is 28.8 Å². The topological polar surface area (TPSA) is 86.0 Å². The smallest absolute Gasteiger partial charge is 0.337 e. The SMILES string of the molecule is Cc1nc2cc(-c3ccc4c(c3)CCCC4)nn2c(-c2ccc3c(c2)CCCO3)c1C(OC(C)(C)C)C(=O)O. The van der Waals surface area contributed by atoms with E-state index in [2.05, 4.69) is 24.3 Å². The summed E-state index contributed by atoms with van der Waals surface area (Å²) >= 11 is 0. The number of hydrogen-bond donors (Lipinski definition) is 1. The van der Waals surface area contributed by atoms with Crippen LogP contribution < -0.4 is 4.74 Å². The van der Waals surface area contributed by atoms with Gasteiger partial charge in [-0.1, -0.05) is 12.1 Å². The predicted molar refractivity (Wildman–Crippen MR) is 150 cm³/mol. The minimum Gasteiger partial charge on any atom is -0.493 e. The summed E-state index contributed by atoms with van der Waals surface area (Å²) in [7, 11) is 0. The molecule has 1 atom stereocenters. The van der Waals surface area contributed by atoms with Crippen molar-refractivity contribution in [3.8, 4) is 28.3 Å². The molecule has 202 valence electrons. The standard InChI is InChI=1S/C32H35N3O4/c1-19-28(30(31(36)37)39-32(2,3)4)29(24-13-14-26-23(17-24)10-7-15-38-26)35-27(33-19)18-25(34-35)22-12-11-20-8-5-6-9-21(20)16-22/h11-14,16-18,30H,5-10,15H2,1-4H3,(H,36,37). The van der Waals surface area contributed by atoms with Gasteiger partial charge in [0.05, 0.1) is 23.6 Å². The molecule has 7 heteroatoms. The highest BCUT2D eigenvalue weighted by molar-refractivity contribution is 5.81. The van der Waals surface area contributed by atoms with Crippen molar-refractivity contribution in [3.63, 3.8) is 0 Å². The molecule has 1 unspecified atom stereocenters. The van der Waals surface area contributed by atoms with Crippen molar-refractivity contribution in [2.45, 2.75) is 77.9 Å². The van der Waals surface area contributed by atoms with Crippen LogP contribution in [0.5, 0.6) is 5.75 Å². The lowest BCUT2D eigenvalue weighted by Crippen LogP contribution is -2.29. The van der Waals surface area contributed by atoms with Crippen LogP contribution in [0.3, 0.4) is 0 Å². The first kappa shape index (κ1) is 25.6. The Morgan fingerprint density at radius 2 is 1.69 bits per heavy atom. The summed E-state index contributed by atoms with van der Waals surface area (Å²) in [6, 6.07) is 14.7. The lowest BCUT2D eigenvalue weighted by molar-refractivity contribution is -0.160. The van der Waals surface area contributed by atoms with Crippen LogP contribution in [0.1, 0.15) is 74.1 Å². The first-order valence-electron chi connectivity index (χ1n) is 13.9. The van der Waals surface area contributed by atoms with Crippen molar-refractivity contribution in [2.75, 3.05) is 6.61 Å². The third-order valence-electron chi connectivity index (χ3n) is 7.61. The summed E-state index contributed by atoms with van der Waals surface area (Å²) in [6.07, 6.45) is 5.31. The number of aromatic nitrogens is 3. The second-order valence-electron chi connectivity index (χ2n) is 11.7. The Bertz CT molecular complexity index is 1580. The quantitative estimate of drug-likeness (QED) is 0.319. The summed E-state index contributed by atoms with van der Waals surface area (Å²) in [5.41, 5.74) is 8.46. The number of benzene rings is 2. The summed E-state index contributed by atoms with van der Waals surface area (Å²) in [6.45, 7) is 8.15. The maximum Gasteiger partial charge on any atom is 0.337 e. The van der Waals surface area contributed by atoms with E-state index >= 15 is 0 Å². The highest BCUT2D eigenvalue weighted by atomic mass is 16.5. The molecule has 0 amide bonds. The van der Waals surface area contributed by atoms with E-state index in [4.69, 9.17) is 19.6 Å². The van der Waals surface area contributed by atoms with E-state index in [0.717, 1.165) is 53.8 Å². The fourth-order valence-electron chi connectivity index (χ4n) is 5.85. The van der Waals surface area contributed by atoms with Crippen LogP contribution in [0.2, 0.25) is 0 Å². The van der Waals surface area contributed by atoms with Gasteiger partial charge in [-0.3, -0.25) is 0 Å². The number of ether oxygens (including phenoxy) is 2. The zero-order valence-corrected chi connectivity index (χ0v) is 23.1. The maximum absolute atomic E-state index is 12.6. The Morgan fingerprint density at radius 1 is 0.974 bits per heavy atom. The van der Waals surface area contributed by atoms with Gasteiger partial charge in [0.15, 0.2) is 11.8 Å². The minimum absolute atomic E-state index is 0.515. The van der Waals surface area contributed by atoms with Crippen molar-refractivity contribution >= 4 is 11.6 Å². The Hall–Kier alpha value is -3.71. The average Bonchev–Trinajstić information content (AvgIpc) is 3.33. The van der Waals surface area contributed by atoms with Gasteiger partial charge in [-0.15, -0.1) is 0 Å². The largest absolute Gasteiger partial charge is 0.493 e. The Morgan fingerprint density at radius 3 is 2.46 bits per heavy atom. The molecule has 2 aromatic heterocycles. The zero-order valence-electron chi connectivity index (χ0n) is 23.1. The summed E-state index contributed by atoms with van der Waals surface area (Å²) in [5, 5.41) is 15.4. The van der Waals surface area contributed by atoms with Crippen LogP contribution in [-0.4, -0.2) is 37.9 Å². The van der Waals surface area contributed by atoms with E-state index < -0.39 is 17.7 Å². The van der Waals surface area contributed by atoms with Crippen molar-refractivity contribution in [1.82, 2.24) is 14.6 Å². The number of fused-ring (bicyclic) bond motifs is 3. The number of aryl methyl sites for hydroxylation is 4. The molecule has 0 spiro atoms. The predicted octanol–water partition coefficient (Wildman–Crippen LogP) is 6.52. The number of aliphatic carboxylic acids is 1. The van der Waals surface area contributed by atoms with Gasteiger partial charge < -0.3 is 14.6 Å². The molecule has 2 aromatic carbocycles. The monoisotopic (exact) mass is 525 g/mol. The van der Waals surface area contributed by atoms with Gasteiger partial charge in [0, 0.05) is 28.5 Å². The highest BCUT2D eigenvalue weighted by Crippen LogP contribution is 2.38. The van der Waals surface area contributed by atoms with E-state index in [0.29, 0.717) is 29.2 Å². The first-order chi connectivity index (χ1) is 18.7. The van der Waals surface area contributed by atoms with Gasteiger partial charge in [-0.25, -0.2) is 14.3 Å². The van der Waals surface area contributed by atoms with E-state index in [1.807, 2.05) is 45.9 Å². The van der Waals surface area contributed by atoms with Crippen molar-refractivity contribution in [3.05, 3.63) is 70.4 Å². The molecular formula is C32H35N3O4. The number of rotatable bonds is 5. The number of carboxylic acid groups (broad SMARTS) is 1. The lowest BCUT2D eigenvalue weighted by Gasteiger charge is -2.28. The van der Waals surface area contributed by atoms with Crippen molar-refractivity contribution in [1.29, 1.82) is 0 Å². The van der Waals surface area contributed by atoms with E-state index in [-0.39, 0.29) is 0 Å². The molecule has 4 aromatic rings. The molecular weight excluding hydrogens is 490 g/mol. The molecule has 0 bridgehead atoms. The lowest BCUT2D eigenvalue weighted by atomic mass is 9.90. The third-order valence-corrected chi connectivity index (χ3v) is 7.61. The number of nitrogens with zero attached hydrogens (tertiary/aromatic N) is 3. The molecule has 1 aliphatic carbocycles. The molecule has 0 fully saturated rings. The average molecular weight is 526 g/mol. The fourth-order valence-corrected chi connectivity index (χ4v) is 5.85. The van der Waals surface area contributed by atoms with Gasteiger partial charge in [0.2, 0.25) is 0 Å². The molecule has 1 aliphatic heterocycles. The number of hydrogen-bond acceptors (Lipinski definition) is 5. The molecule has 1 N–H and O–H groups in total. The van der Waals surface area contributed by atoms with Gasteiger partial charge in [-0.05, 0) is 107 Å². The van der Waals surface area contributed by atoms with Gasteiger partial charge in [0.1, 0.15) is 5.75 Å². The van der Waals surface area contributed by atoms with Gasteiger partial charge >= 0.3 is 5.97 Å². The minimum atomic E-state index is -1.21. The summed E-state index contributed by atoms with van der Waals surface area (Å²) in [4.78, 5) is 17.5. The normalized spacial score (nSPS) is 15.9. The molecule has 3 heterocycles. The van der Waals surface area contributed by atoms with Crippen LogP contribution in [0.15, 0.2) is 42.5 Å². The Kier molecular flexibility index (Phi) is 6.42. The number of carboxylic acids is 1. The number of carbonyl (C=O) groups is 1. The van der Waals surface area contributed by atoms with Crippen LogP contribution in [0.4, 0.5) is 0 Å². The molecule has 0 saturated heterocycles. The fraction of sp³-hybridized carbons (Fsp3) is 0.406. The highest BCUT2D eigenvalue weighted by Gasteiger charge is 2.33. The third kappa shape index (κ3) is 4.91. The van der Waals surface area contributed by atoms with E-state index in [9.17, 15) is 9.90 Å². The first-order valence-corrected chi connectivity index (χ1v) is 13.9. The van der Waals surface area contributed by atoms with E-state index in [1.54, 1.807) is 4.52 Å². The molecule has 0 saturated carbocycles.